The van der Waals surface area contributed by atoms with Gasteiger partial charge in [-0.15, -0.1) is 0 Å². The number of nitrogens with one attached hydrogen (secondary N) is 2. The molecule has 0 bridgehead atoms. The van der Waals surface area contributed by atoms with E-state index in [1.54, 1.807) is 36.4 Å². The maximum absolute atomic E-state index is 13.2. The molecule has 0 heterocycles. The summed E-state index contributed by atoms with van der Waals surface area (Å²) in [6, 6.07) is 18.2. The Morgan fingerprint density at radius 2 is 1.59 bits per heavy atom. The molecule has 3 rings (SSSR count). The first-order valence-corrected chi connectivity index (χ1v) is 10.4. The van der Waals surface area contributed by atoms with Gasteiger partial charge in [-0.05, 0) is 71.1 Å². The maximum Gasteiger partial charge on any atom is 0.261 e. The van der Waals surface area contributed by atoms with Crippen LogP contribution in [0, 0.1) is 9.39 Å². The van der Waals surface area contributed by atoms with Crippen molar-refractivity contribution in [1.82, 2.24) is 0 Å². The van der Waals surface area contributed by atoms with Crippen LogP contribution in [-0.2, 0) is 10.0 Å². The van der Waals surface area contributed by atoms with Gasteiger partial charge in [-0.25, -0.2) is 12.8 Å². The zero-order valence-corrected chi connectivity index (χ0v) is 16.8. The highest BCUT2D eigenvalue weighted by molar-refractivity contribution is 14.1. The van der Waals surface area contributed by atoms with E-state index in [1.165, 1.54) is 36.4 Å². The minimum atomic E-state index is -3.73. The van der Waals surface area contributed by atoms with Crippen LogP contribution < -0.4 is 10.0 Å². The van der Waals surface area contributed by atoms with Crippen LogP contribution in [-0.4, -0.2) is 14.3 Å². The average molecular weight is 496 g/mol. The molecule has 0 atom stereocenters. The van der Waals surface area contributed by atoms with Crippen LogP contribution in [0.5, 0.6) is 0 Å². The molecular formula is C19H14FIN2O3S. The van der Waals surface area contributed by atoms with Crippen LogP contribution in [0.15, 0.2) is 77.7 Å². The van der Waals surface area contributed by atoms with Gasteiger partial charge in [0.2, 0.25) is 0 Å². The molecule has 0 aliphatic carbocycles. The molecule has 5 nitrogen and oxygen atoms in total. The molecule has 0 spiro atoms. The standard InChI is InChI=1S/C19H14FIN2O3S/c20-13-9-10-17(18(21)11-13)19(24)22-14-5-4-6-15(12-14)23-27(25,26)16-7-2-1-3-8-16/h1-12,23H,(H,22,24). The van der Waals surface area contributed by atoms with Crippen LogP contribution in [0.3, 0.4) is 0 Å². The van der Waals surface area contributed by atoms with Crippen LogP contribution in [0.2, 0.25) is 0 Å². The van der Waals surface area contributed by atoms with Crippen molar-refractivity contribution in [1.29, 1.82) is 0 Å². The predicted octanol–water partition coefficient (Wildman–Crippen LogP) is 4.48. The van der Waals surface area contributed by atoms with Gasteiger partial charge in [0.15, 0.2) is 0 Å². The maximum atomic E-state index is 13.2. The third kappa shape index (κ3) is 4.83. The van der Waals surface area contributed by atoms with Crippen molar-refractivity contribution in [3.63, 3.8) is 0 Å². The highest BCUT2D eigenvalue weighted by Crippen LogP contribution is 2.21. The van der Waals surface area contributed by atoms with Crippen molar-refractivity contribution >= 4 is 49.9 Å². The fourth-order valence-corrected chi connectivity index (χ4v) is 4.14. The van der Waals surface area contributed by atoms with Gasteiger partial charge in [-0.3, -0.25) is 9.52 Å². The van der Waals surface area contributed by atoms with Crippen molar-refractivity contribution in [2.45, 2.75) is 4.90 Å². The number of halogens is 2. The highest BCUT2D eigenvalue weighted by atomic mass is 127. The molecule has 0 aliphatic heterocycles. The molecule has 0 saturated heterocycles. The Morgan fingerprint density at radius 1 is 0.889 bits per heavy atom. The molecule has 0 radical (unpaired) electrons. The third-order valence-corrected chi connectivity index (χ3v) is 5.89. The van der Waals surface area contributed by atoms with Gasteiger partial charge < -0.3 is 5.32 Å². The highest BCUT2D eigenvalue weighted by Gasteiger charge is 2.15. The summed E-state index contributed by atoms with van der Waals surface area (Å²) in [6.45, 7) is 0. The van der Waals surface area contributed by atoms with Crippen LogP contribution in [0.4, 0.5) is 15.8 Å². The Morgan fingerprint density at radius 3 is 2.30 bits per heavy atom. The van der Waals surface area contributed by atoms with Gasteiger partial charge >= 0.3 is 0 Å². The number of carbonyl (C=O) groups is 1. The zero-order chi connectivity index (χ0) is 19.4. The lowest BCUT2D eigenvalue weighted by Gasteiger charge is -2.11. The number of amides is 1. The van der Waals surface area contributed by atoms with Crippen molar-refractivity contribution in [2.24, 2.45) is 0 Å². The first-order chi connectivity index (χ1) is 12.8. The van der Waals surface area contributed by atoms with Gasteiger partial charge in [0.1, 0.15) is 5.82 Å². The number of carbonyl (C=O) groups excluding carboxylic acids is 1. The van der Waals surface area contributed by atoms with Gasteiger partial charge in [0.25, 0.3) is 15.9 Å². The Bertz CT molecular complexity index is 1090. The fraction of sp³-hybridized carbons (Fsp3) is 0. The molecule has 0 unspecified atom stereocenters. The molecule has 1 amide bonds. The summed E-state index contributed by atoms with van der Waals surface area (Å²) >= 11 is 1.88. The lowest BCUT2D eigenvalue weighted by Crippen LogP contribution is -2.15. The summed E-state index contributed by atoms with van der Waals surface area (Å²) in [5.74, 6) is -0.837. The van der Waals surface area contributed by atoms with E-state index >= 15 is 0 Å². The van der Waals surface area contributed by atoms with E-state index in [0.717, 1.165) is 0 Å². The van der Waals surface area contributed by atoms with Crippen LogP contribution in [0.25, 0.3) is 0 Å². The SMILES string of the molecule is O=C(Nc1cccc(NS(=O)(=O)c2ccccc2)c1)c1ccc(F)cc1I. The van der Waals surface area contributed by atoms with Gasteiger partial charge in [0.05, 0.1) is 16.1 Å². The third-order valence-electron chi connectivity index (χ3n) is 3.60. The number of hydrogen-bond donors (Lipinski definition) is 2. The van der Waals surface area contributed by atoms with Gasteiger partial charge in [-0.1, -0.05) is 24.3 Å². The Balaban J connectivity index is 1.79. The Kier molecular flexibility index (Phi) is 5.76. The summed E-state index contributed by atoms with van der Waals surface area (Å²) in [5.41, 5.74) is 1.05. The lowest BCUT2D eigenvalue weighted by molar-refractivity contribution is 0.102. The largest absolute Gasteiger partial charge is 0.322 e. The van der Waals surface area contributed by atoms with E-state index in [-0.39, 0.29) is 4.90 Å². The number of rotatable bonds is 5. The number of sulfonamides is 1. The van der Waals surface area contributed by atoms with E-state index in [4.69, 9.17) is 0 Å². The molecule has 2 N–H and O–H groups in total. The van der Waals surface area contributed by atoms with E-state index < -0.39 is 21.7 Å². The number of hydrogen-bond acceptors (Lipinski definition) is 3. The second kappa shape index (κ2) is 8.05. The van der Waals surface area contributed by atoms with Crippen molar-refractivity contribution in [3.05, 3.63) is 87.7 Å². The fourth-order valence-electron chi connectivity index (χ4n) is 2.35. The first kappa shape index (κ1) is 19.3. The Hall–Kier alpha value is -2.46. The van der Waals surface area contributed by atoms with Crippen molar-refractivity contribution in [2.75, 3.05) is 10.0 Å². The molecule has 0 saturated carbocycles. The summed E-state index contributed by atoms with van der Waals surface area (Å²) in [4.78, 5) is 12.5. The Labute approximate surface area is 169 Å². The minimum Gasteiger partial charge on any atom is -0.322 e. The topological polar surface area (TPSA) is 75.3 Å². The minimum absolute atomic E-state index is 0.139. The molecule has 0 fully saturated rings. The number of anilines is 2. The quantitative estimate of drug-likeness (QED) is 0.512. The van der Waals surface area contributed by atoms with Crippen LogP contribution >= 0.6 is 22.6 Å². The van der Waals surface area contributed by atoms with E-state index in [2.05, 4.69) is 10.0 Å². The second-order valence-corrected chi connectivity index (χ2v) is 8.42. The molecule has 0 aromatic heterocycles. The first-order valence-electron chi connectivity index (χ1n) is 7.79. The molecule has 8 heteroatoms. The van der Waals surface area contributed by atoms with Crippen molar-refractivity contribution in [3.8, 4) is 0 Å². The predicted molar refractivity (Wildman–Crippen MR) is 111 cm³/mol. The lowest BCUT2D eigenvalue weighted by atomic mass is 10.2. The molecule has 3 aromatic carbocycles. The molecule has 3 aromatic rings. The van der Waals surface area contributed by atoms with E-state index in [9.17, 15) is 17.6 Å². The smallest absolute Gasteiger partial charge is 0.261 e. The van der Waals surface area contributed by atoms with Gasteiger partial charge in [-0.2, -0.15) is 0 Å². The monoisotopic (exact) mass is 496 g/mol. The zero-order valence-electron chi connectivity index (χ0n) is 13.8. The van der Waals surface area contributed by atoms with Gasteiger partial charge in [0, 0.05) is 9.26 Å². The molecular weight excluding hydrogens is 482 g/mol. The van der Waals surface area contributed by atoms with Crippen LogP contribution in [0.1, 0.15) is 10.4 Å². The summed E-state index contributed by atoms with van der Waals surface area (Å²) in [7, 11) is -3.73. The molecule has 27 heavy (non-hydrogen) atoms. The van der Waals surface area contributed by atoms with E-state index in [1.807, 2.05) is 22.6 Å². The van der Waals surface area contributed by atoms with Crippen molar-refractivity contribution < 1.29 is 17.6 Å². The normalized spacial score (nSPS) is 11.0. The van der Waals surface area contributed by atoms with E-state index in [0.29, 0.717) is 20.5 Å². The molecule has 0 aliphatic rings. The summed E-state index contributed by atoms with van der Waals surface area (Å²) in [6.07, 6.45) is 0. The summed E-state index contributed by atoms with van der Waals surface area (Å²) in [5, 5.41) is 2.68. The summed E-state index contributed by atoms with van der Waals surface area (Å²) < 4.78 is 40.9. The molecule has 138 valence electrons. The number of benzene rings is 3. The second-order valence-electron chi connectivity index (χ2n) is 5.58. The average Bonchev–Trinajstić information content (AvgIpc) is 2.62.